The Labute approximate surface area is 191 Å². The predicted octanol–water partition coefficient (Wildman–Crippen LogP) is 4.79. The summed E-state index contributed by atoms with van der Waals surface area (Å²) in [5.74, 6) is 0.727. The first-order chi connectivity index (χ1) is 15.5. The van der Waals surface area contributed by atoms with E-state index in [4.69, 9.17) is 21.1 Å². The summed E-state index contributed by atoms with van der Waals surface area (Å²) in [5.41, 5.74) is 1.49. The summed E-state index contributed by atoms with van der Waals surface area (Å²) in [7, 11) is 0. The number of nitrogens with one attached hydrogen (secondary N) is 2. The molecular weight excluding hydrogens is 430 g/mol. The number of fused-ring (bicyclic) bond motifs is 1. The average molecular weight is 456 g/mol. The Morgan fingerprint density at radius 1 is 1.28 bits per heavy atom. The molecule has 0 unspecified atom stereocenters. The van der Waals surface area contributed by atoms with E-state index in [0.717, 1.165) is 24.0 Å². The van der Waals surface area contributed by atoms with Crippen molar-refractivity contribution >= 4 is 34.2 Å². The lowest BCUT2D eigenvalue weighted by Gasteiger charge is -2.26. The number of urea groups is 1. The number of para-hydroxylation sites is 1. The van der Waals surface area contributed by atoms with Gasteiger partial charge in [-0.1, -0.05) is 23.7 Å². The molecule has 0 spiro atoms. The van der Waals surface area contributed by atoms with Crippen LogP contribution < -0.4 is 15.6 Å². The van der Waals surface area contributed by atoms with E-state index in [-0.39, 0.29) is 24.2 Å². The van der Waals surface area contributed by atoms with Gasteiger partial charge in [0.25, 0.3) is 5.56 Å². The number of hydrogen-bond acceptors (Lipinski definition) is 4. The van der Waals surface area contributed by atoms with E-state index in [9.17, 15) is 9.59 Å². The van der Waals surface area contributed by atoms with Crippen LogP contribution in [-0.2, 0) is 11.3 Å². The molecule has 2 amide bonds. The summed E-state index contributed by atoms with van der Waals surface area (Å²) in [6.45, 7) is 3.68. The quantitative estimate of drug-likeness (QED) is 0.536. The number of hydrogen-bond donors (Lipinski definition) is 2. The van der Waals surface area contributed by atoms with Crippen molar-refractivity contribution in [3.8, 4) is 5.75 Å². The number of anilines is 1. The van der Waals surface area contributed by atoms with Crippen LogP contribution in [0.5, 0.6) is 5.75 Å². The lowest BCUT2D eigenvalue weighted by Crippen LogP contribution is -2.40. The topological polar surface area (TPSA) is 83.7 Å². The van der Waals surface area contributed by atoms with Gasteiger partial charge in [0.15, 0.2) is 0 Å². The van der Waals surface area contributed by atoms with E-state index in [1.807, 2.05) is 31.2 Å². The van der Waals surface area contributed by atoms with Gasteiger partial charge in [0, 0.05) is 29.6 Å². The van der Waals surface area contributed by atoms with Crippen LogP contribution in [-0.4, -0.2) is 41.8 Å². The van der Waals surface area contributed by atoms with E-state index >= 15 is 0 Å². The molecule has 1 aliphatic heterocycles. The maximum atomic E-state index is 13.1. The molecule has 1 aromatic heterocycles. The fourth-order valence-corrected chi connectivity index (χ4v) is 4.00. The lowest BCUT2D eigenvalue weighted by molar-refractivity contribution is 0.0818. The summed E-state index contributed by atoms with van der Waals surface area (Å²) in [6.07, 6.45) is 1.78. The van der Waals surface area contributed by atoms with Crippen molar-refractivity contribution in [3.63, 3.8) is 0 Å². The molecule has 168 valence electrons. The Hall–Kier alpha value is -3.03. The lowest BCUT2D eigenvalue weighted by atomic mass is 10.1. The fraction of sp³-hybridized carbons (Fsp3) is 0.333. The molecule has 1 saturated heterocycles. The third-order valence-electron chi connectivity index (χ3n) is 5.42. The number of rotatable bonds is 7. The molecule has 7 nitrogen and oxygen atoms in total. The number of carbonyl (C=O) groups excluding carboxylic acids is 1. The van der Waals surface area contributed by atoms with Crippen LogP contribution in [0.3, 0.4) is 0 Å². The molecule has 4 rings (SSSR count). The SMILES string of the molecule is CCOc1ccc2[nH]c(=O)c(CN(C[C@H]3CCCO3)C(=O)Nc3ccccc3Cl)cc2c1. The van der Waals surface area contributed by atoms with Gasteiger partial charge >= 0.3 is 6.03 Å². The number of aromatic nitrogens is 1. The molecule has 2 N–H and O–H groups in total. The predicted molar refractivity (Wildman–Crippen MR) is 126 cm³/mol. The maximum Gasteiger partial charge on any atom is 0.322 e. The van der Waals surface area contributed by atoms with Crippen LogP contribution in [0.2, 0.25) is 5.02 Å². The number of ether oxygens (including phenoxy) is 2. The minimum absolute atomic E-state index is 0.0592. The van der Waals surface area contributed by atoms with Gasteiger partial charge in [-0.25, -0.2) is 4.79 Å². The zero-order chi connectivity index (χ0) is 22.5. The van der Waals surface area contributed by atoms with Crippen molar-refractivity contribution in [2.24, 2.45) is 0 Å². The number of carbonyl (C=O) groups is 1. The number of pyridine rings is 1. The smallest absolute Gasteiger partial charge is 0.322 e. The fourth-order valence-electron chi connectivity index (χ4n) is 3.82. The molecular formula is C24H26ClN3O4. The van der Waals surface area contributed by atoms with Crippen molar-refractivity contribution in [3.05, 3.63) is 69.5 Å². The highest BCUT2D eigenvalue weighted by molar-refractivity contribution is 6.33. The van der Waals surface area contributed by atoms with Gasteiger partial charge in [0.05, 0.1) is 30.0 Å². The van der Waals surface area contributed by atoms with Crippen molar-refractivity contribution in [1.82, 2.24) is 9.88 Å². The highest BCUT2D eigenvalue weighted by atomic mass is 35.5. The molecule has 0 aliphatic carbocycles. The van der Waals surface area contributed by atoms with E-state index in [2.05, 4.69) is 10.3 Å². The Morgan fingerprint density at radius 2 is 2.12 bits per heavy atom. The van der Waals surface area contributed by atoms with Gasteiger partial charge in [-0.2, -0.15) is 0 Å². The molecule has 2 heterocycles. The highest BCUT2D eigenvalue weighted by Crippen LogP contribution is 2.23. The zero-order valence-corrected chi connectivity index (χ0v) is 18.7. The molecule has 1 fully saturated rings. The van der Waals surface area contributed by atoms with E-state index in [0.29, 0.717) is 41.5 Å². The van der Waals surface area contributed by atoms with Crippen LogP contribution in [0.25, 0.3) is 10.9 Å². The molecule has 2 aromatic carbocycles. The molecule has 0 bridgehead atoms. The second kappa shape index (κ2) is 10.1. The van der Waals surface area contributed by atoms with E-state index in [1.54, 1.807) is 29.2 Å². The summed E-state index contributed by atoms with van der Waals surface area (Å²) >= 11 is 6.21. The minimum atomic E-state index is -0.337. The molecule has 3 aromatic rings. The summed E-state index contributed by atoms with van der Waals surface area (Å²) < 4.78 is 11.3. The molecule has 1 atom stereocenters. The Bertz CT molecular complexity index is 1160. The van der Waals surface area contributed by atoms with Crippen LogP contribution in [0.4, 0.5) is 10.5 Å². The average Bonchev–Trinajstić information content (AvgIpc) is 3.29. The maximum absolute atomic E-state index is 13.1. The summed E-state index contributed by atoms with van der Waals surface area (Å²) in [6, 6.07) is 14.0. The monoisotopic (exact) mass is 455 g/mol. The molecule has 32 heavy (non-hydrogen) atoms. The molecule has 8 heteroatoms. The summed E-state index contributed by atoms with van der Waals surface area (Å²) in [5, 5.41) is 4.15. The van der Waals surface area contributed by atoms with Crippen molar-refractivity contribution in [2.75, 3.05) is 25.1 Å². The second-order valence-electron chi connectivity index (χ2n) is 7.73. The van der Waals surface area contributed by atoms with E-state index in [1.165, 1.54) is 0 Å². The second-order valence-corrected chi connectivity index (χ2v) is 8.14. The third-order valence-corrected chi connectivity index (χ3v) is 5.75. The number of aromatic amines is 1. The molecule has 1 aliphatic rings. The van der Waals surface area contributed by atoms with Gasteiger partial charge in [0.2, 0.25) is 0 Å². The van der Waals surface area contributed by atoms with Crippen LogP contribution in [0.1, 0.15) is 25.3 Å². The van der Waals surface area contributed by atoms with Crippen molar-refractivity contribution in [1.29, 1.82) is 0 Å². The van der Waals surface area contributed by atoms with Crippen LogP contribution in [0.15, 0.2) is 53.3 Å². The first-order valence-electron chi connectivity index (χ1n) is 10.7. The number of benzene rings is 2. The number of halogens is 1. The normalized spacial score (nSPS) is 15.6. The Balaban J connectivity index is 1.61. The van der Waals surface area contributed by atoms with Gasteiger partial charge in [-0.3, -0.25) is 4.79 Å². The van der Waals surface area contributed by atoms with Gasteiger partial charge in [-0.05, 0) is 56.2 Å². The molecule has 0 saturated carbocycles. The largest absolute Gasteiger partial charge is 0.494 e. The Morgan fingerprint density at radius 3 is 2.88 bits per heavy atom. The van der Waals surface area contributed by atoms with Crippen molar-refractivity contribution in [2.45, 2.75) is 32.4 Å². The first kappa shape index (κ1) is 22.2. The first-order valence-corrected chi connectivity index (χ1v) is 11.1. The molecule has 0 radical (unpaired) electrons. The van der Waals surface area contributed by atoms with Gasteiger partial charge < -0.3 is 24.7 Å². The van der Waals surface area contributed by atoms with Gasteiger partial charge in [-0.15, -0.1) is 0 Å². The third kappa shape index (κ3) is 5.23. The number of nitrogens with zero attached hydrogens (tertiary/aromatic N) is 1. The van der Waals surface area contributed by atoms with E-state index < -0.39 is 0 Å². The highest BCUT2D eigenvalue weighted by Gasteiger charge is 2.24. The minimum Gasteiger partial charge on any atom is -0.494 e. The standard InChI is InChI=1S/C24H26ClN3O4/c1-2-31-18-9-10-21-16(13-18)12-17(23(29)26-21)14-28(15-19-6-5-11-32-19)24(30)27-22-8-4-3-7-20(22)25/h3-4,7-10,12-13,19H,2,5-6,11,14-15H2,1H3,(H,26,29)(H,27,30)/t19-/m1/s1. The van der Waals surface area contributed by atoms with Crippen LogP contribution in [0, 0.1) is 0 Å². The summed E-state index contributed by atoms with van der Waals surface area (Å²) in [4.78, 5) is 30.4. The Kier molecular flexibility index (Phi) is 6.97. The number of H-pyrrole nitrogens is 1. The van der Waals surface area contributed by atoms with Gasteiger partial charge in [0.1, 0.15) is 5.75 Å². The van der Waals surface area contributed by atoms with Crippen LogP contribution >= 0.6 is 11.6 Å². The zero-order valence-electron chi connectivity index (χ0n) is 17.9. The number of amides is 2. The van der Waals surface area contributed by atoms with Crippen molar-refractivity contribution < 1.29 is 14.3 Å².